The molecule has 0 aliphatic carbocycles. The van der Waals surface area contributed by atoms with E-state index in [2.05, 4.69) is 5.32 Å². The van der Waals surface area contributed by atoms with Crippen LogP contribution in [-0.4, -0.2) is 39.5 Å². The van der Waals surface area contributed by atoms with Crippen LogP contribution in [0.3, 0.4) is 0 Å². The third-order valence-electron chi connectivity index (χ3n) is 3.94. The topological polar surface area (TPSA) is 142 Å². The van der Waals surface area contributed by atoms with Gasteiger partial charge in [0, 0.05) is 4.88 Å². The Balaban J connectivity index is 2.12. The van der Waals surface area contributed by atoms with Gasteiger partial charge in [-0.2, -0.15) is 0 Å². The summed E-state index contributed by atoms with van der Waals surface area (Å²) in [5.41, 5.74) is 0.659. The summed E-state index contributed by atoms with van der Waals surface area (Å²) >= 11 is 7.09. The second-order valence-electron chi connectivity index (χ2n) is 6.02. The van der Waals surface area contributed by atoms with Gasteiger partial charge in [-0.05, 0) is 44.5 Å². The summed E-state index contributed by atoms with van der Waals surface area (Å²) in [5.74, 6) is -2.28. The van der Waals surface area contributed by atoms with E-state index in [1.165, 1.54) is 17.4 Å². The first-order valence-electron chi connectivity index (χ1n) is 8.52. The zero-order valence-corrected chi connectivity index (χ0v) is 18.7. The van der Waals surface area contributed by atoms with Crippen molar-refractivity contribution >= 4 is 55.8 Å². The van der Waals surface area contributed by atoms with Crippen molar-refractivity contribution in [1.29, 1.82) is 0 Å². The number of hydrogen-bond donors (Lipinski definition) is 2. The number of benzene rings is 1. The van der Waals surface area contributed by atoms with E-state index < -0.39 is 34.5 Å². The second kappa shape index (κ2) is 9.56. The molecule has 2 rings (SSSR count). The molecule has 0 aliphatic rings. The average Bonchev–Trinajstić information content (AvgIpc) is 2.92. The monoisotopic (exact) mass is 474 g/mol. The maximum absolute atomic E-state index is 12.2. The molecule has 12 heteroatoms. The van der Waals surface area contributed by atoms with Crippen molar-refractivity contribution in [2.75, 3.05) is 18.5 Å². The summed E-state index contributed by atoms with van der Waals surface area (Å²) in [4.78, 5) is 37.1. The van der Waals surface area contributed by atoms with Crippen molar-refractivity contribution in [3.8, 4) is 0 Å². The number of nitrogens with two attached hydrogens (primary N) is 1. The van der Waals surface area contributed by atoms with E-state index in [0.717, 1.165) is 17.0 Å². The third kappa shape index (κ3) is 5.57. The molecule has 0 saturated carbocycles. The highest BCUT2D eigenvalue weighted by molar-refractivity contribution is 7.89. The quantitative estimate of drug-likeness (QED) is 0.587. The Labute approximate surface area is 182 Å². The van der Waals surface area contributed by atoms with Crippen molar-refractivity contribution in [3.05, 3.63) is 44.8 Å². The van der Waals surface area contributed by atoms with E-state index in [4.69, 9.17) is 26.2 Å². The first-order valence-corrected chi connectivity index (χ1v) is 11.3. The van der Waals surface area contributed by atoms with E-state index in [-0.39, 0.29) is 32.7 Å². The number of thiophene rings is 1. The van der Waals surface area contributed by atoms with E-state index in [9.17, 15) is 22.8 Å². The molecule has 1 amide bonds. The molecule has 0 bridgehead atoms. The maximum atomic E-state index is 12.2. The minimum absolute atomic E-state index is 0.0677. The van der Waals surface area contributed by atoms with E-state index in [1.807, 2.05) is 0 Å². The number of amides is 1. The number of primary sulfonamides is 1. The first-order chi connectivity index (χ1) is 14.0. The number of anilines is 1. The molecule has 1 heterocycles. The average molecular weight is 475 g/mol. The molecule has 0 atom stereocenters. The molecule has 0 fully saturated rings. The molecule has 3 N–H and O–H groups in total. The minimum Gasteiger partial charge on any atom is -0.462 e. The molecule has 0 aliphatic heterocycles. The van der Waals surface area contributed by atoms with Gasteiger partial charge in [0.05, 0.1) is 27.7 Å². The summed E-state index contributed by atoms with van der Waals surface area (Å²) in [6, 6.07) is 3.28. The summed E-state index contributed by atoms with van der Waals surface area (Å²) in [6.45, 7) is 4.68. The number of carbonyl (C=O) groups excluding carboxylic acids is 3. The predicted molar refractivity (Wildman–Crippen MR) is 111 cm³/mol. The van der Waals surface area contributed by atoms with Crippen LogP contribution in [0.4, 0.5) is 5.00 Å². The van der Waals surface area contributed by atoms with Crippen LogP contribution in [0.1, 0.15) is 38.1 Å². The molecule has 0 saturated heterocycles. The number of nitrogens with one attached hydrogen (secondary N) is 1. The highest BCUT2D eigenvalue weighted by Crippen LogP contribution is 2.33. The number of sulfonamides is 1. The van der Waals surface area contributed by atoms with Crippen LogP contribution in [0.15, 0.2) is 23.1 Å². The molecule has 0 spiro atoms. The number of hydrogen-bond acceptors (Lipinski definition) is 8. The van der Waals surface area contributed by atoms with Gasteiger partial charge < -0.3 is 14.8 Å². The van der Waals surface area contributed by atoms with Gasteiger partial charge in [-0.15, -0.1) is 11.3 Å². The van der Waals surface area contributed by atoms with Gasteiger partial charge in [0.25, 0.3) is 5.91 Å². The fourth-order valence-electron chi connectivity index (χ4n) is 2.37. The zero-order valence-electron chi connectivity index (χ0n) is 16.3. The van der Waals surface area contributed by atoms with Crippen LogP contribution >= 0.6 is 22.9 Å². The van der Waals surface area contributed by atoms with Crippen LogP contribution < -0.4 is 10.5 Å². The lowest BCUT2D eigenvalue weighted by Crippen LogP contribution is -2.22. The summed E-state index contributed by atoms with van der Waals surface area (Å²) in [7, 11) is -4.06. The smallest absolute Gasteiger partial charge is 0.341 e. The van der Waals surface area contributed by atoms with Crippen molar-refractivity contribution < 1.29 is 32.3 Å². The predicted octanol–water partition coefficient (Wildman–Crippen LogP) is 2.64. The number of carbonyl (C=O) groups is 3. The standard InChI is InChI=1S/C18H19ClN2O7S2/c1-4-27-18(24)15-9(2)10(3)29-16(15)21-14(22)8-28-17(23)12-7-11(30(20,25)26)5-6-13(12)19/h5-7H,4,8H2,1-3H3,(H,21,22)(H2,20,25,26). The normalized spacial score (nSPS) is 11.1. The molecule has 0 unspecified atom stereocenters. The van der Waals surface area contributed by atoms with Crippen molar-refractivity contribution in [2.45, 2.75) is 25.7 Å². The molecular weight excluding hydrogens is 456 g/mol. The number of halogens is 1. The molecule has 1 aromatic carbocycles. The summed E-state index contributed by atoms with van der Waals surface area (Å²) < 4.78 is 32.8. The molecule has 1 aromatic heterocycles. The lowest BCUT2D eigenvalue weighted by Gasteiger charge is -2.09. The minimum atomic E-state index is -4.06. The summed E-state index contributed by atoms with van der Waals surface area (Å²) in [5, 5.41) is 7.76. The van der Waals surface area contributed by atoms with E-state index in [1.54, 1.807) is 20.8 Å². The number of esters is 2. The molecule has 2 aromatic rings. The fraction of sp³-hybridized carbons (Fsp3) is 0.278. The van der Waals surface area contributed by atoms with Crippen LogP contribution in [0.2, 0.25) is 5.02 Å². The Morgan fingerprint density at radius 3 is 2.43 bits per heavy atom. The Bertz CT molecular complexity index is 1110. The second-order valence-corrected chi connectivity index (χ2v) is 9.21. The Kier molecular flexibility index (Phi) is 7.59. The molecule has 30 heavy (non-hydrogen) atoms. The number of ether oxygens (including phenoxy) is 2. The fourth-order valence-corrected chi connectivity index (χ4v) is 4.17. The van der Waals surface area contributed by atoms with Crippen molar-refractivity contribution in [3.63, 3.8) is 0 Å². The van der Waals surface area contributed by atoms with Crippen LogP contribution in [0.25, 0.3) is 0 Å². The molecular formula is C18H19ClN2O7S2. The highest BCUT2D eigenvalue weighted by atomic mass is 35.5. The van der Waals surface area contributed by atoms with Gasteiger partial charge in [-0.25, -0.2) is 23.1 Å². The van der Waals surface area contributed by atoms with Crippen LogP contribution in [-0.2, 0) is 24.3 Å². The SMILES string of the molecule is CCOC(=O)c1c(NC(=O)COC(=O)c2cc(S(N)(=O)=O)ccc2Cl)sc(C)c1C. The molecule has 9 nitrogen and oxygen atoms in total. The Hall–Kier alpha value is -2.47. The largest absolute Gasteiger partial charge is 0.462 e. The maximum Gasteiger partial charge on any atom is 0.341 e. The van der Waals surface area contributed by atoms with Gasteiger partial charge in [0.1, 0.15) is 5.00 Å². The summed E-state index contributed by atoms with van der Waals surface area (Å²) in [6.07, 6.45) is 0. The van der Waals surface area contributed by atoms with Crippen LogP contribution in [0, 0.1) is 13.8 Å². The van der Waals surface area contributed by atoms with Gasteiger partial charge in [-0.1, -0.05) is 11.6 Å². The van der Waals surface area contributed by atoms with Gasteiger partial charge in [-0.3, -0.25) is 4.79 Å². The lowest BCUT2D eigenvalue weighted by atomic mass is 10.1. The zero-order chi connectivity index (χ0) is 22.6. The number of rotatable bonds is 7. The number of aryl methyl sites for hydroxylation is 1. The third-order valence-corrected chi connectivity index (χ3v) is 6.30. The van der Waals surface area contributed by atoms with Gasteiger partial charge >= 0.3 is 11.9 Å². The van der Waals surface area contributed by atoms with E-state index in [0.29, 0.717) is 5.56 Å². The van der Waals surface area contributed by atoms with Crippen molar-refractivity contribution in [1.82, 2.24) is 0 Å². The lowest BCUT2D eigenvalue weighted by molar-refractivity contribution is -0.119. The Morgan fingerprint density at radius 2 is 1.83 bits per heavy atom. The van der Waals surface area contributed by atoms with Gasteiger partial charge in [0.15, 0.2) is 6.61 Å². The molecule has 162 valence electrons. The van der Waals surface area contributed by atoms with Crippen LogP contribution in [0.5, 0.6) is 0 Å². The Morgan fingerprint density at radius 1 is 1.17 bits per heavy atom. The highest BCUT2D eigenvalue weighted by Gasteiger charge is 2.23. The van der Waals surface area contributed by atoms with Gasteiger partial charge in [0.2, 0.25) is 10.0 Å². The first kappa shape index (κ1) is 23.8. The molecule has 0 radical (unpaired) electrons. The van der Waals surface area contributed by atoms with Crippen molar-refractivity contribution in [2.24, 2.45) is 5.14 Å². The van der Waals surface area contributed by atoms with E-state index >= 15 is 0 Å².